The first-order valence-corrected chi connectivity index (χ1v) is 4.91. The Morgan fingerprint density at radius 3 is 2.73 bits per heavy atom. The van der Waals surface area contributed by atoms with Crippen LogP contribution in [0.3, 0.4) is 0 Å². The Morgan fingerprint density at radius 1 is 1.60 bits per heavy atom. The molecule has 0 bridgehead atoms. The van der Waals surface area contributed by atoms with Gasteiger partial charge in [0.1, 0.15) is 11.6 Å². The normalized spacial score (nSPS) is 12.2. The summed E-state index contributed by atoms with van der Waals surface area (Å²) in [6.07, 6.45) is -0.854. The van der Waals surface area contributed by atoms with E-state index in [0.29, 0.717) is 0 Å². The molecule has 4 nitrogen and oxygen atoms in total. The van der Waals surface area contributed by atoms with Crippen LogP contribution in [0.1, 0.15) is 6.92 Å². The van der Waals surface area contributed by atoms with E-state index in [1.54, 1.807) is 0 Å². The van der Waals surface area contributed by atoms with E-state index < -0.39 is 17.8 Å². The van der Waals surface area contributed by atoms with Gasteiger partial charge in [-0.3, -0.25) is 4.79 Å². The number of nitrogen functional groups attached to an aromatic ring is 1. The molecule has 0 radical (unpaired) electrons. The Kier molecular flexibility index (Phi) is 3.52. The van der Waals surface area contributed by atoms with Crippen molar-refractivity contribution in [2.24, 2.45) is 5.73 Å². The van der Waals surface area contributed by atoms with E-state index in [9.17, 15) is 9.18 Å². The van der Waals surface area contributed by atoms with Crippen LogP contribution in [0.25, 0.3) is 0 Å². The quantitative estimate of drug-likeness (QED) is 0.820. The van der Waals surface area contributed by atoms with E-state index in [1.807, 2.05) is 0 Å². The van der Waals surface area contributed by atoms with Gasteiger partial charge in [0.2, 0.25) is 0 Å². The van der Waals surface area contributed by atoms with Crippen molar-refractivity contribution in [3.8, 4) is 5.75 Å². The van der Waals surface area contributed by atoms with Gasteiger partial charge in [-0.15, -0.1) is 0 Å². The van der Waals surface area contributed by atoms with Gasteiger partial charge >= 0.3 is 0 Å². The standard InChI is InChI=1S/C9H10BrFN2O2/c1-4(9(13)14)15-8-3-6(11)5(10)2-7(8)12/h2-4H,12H2,1H3,(H2,13,14). The van der Waals surface area contributed by atoms with Gasteiger partial charge in [-0.25, -0.2) is 4.39 Å². The number of ether oxygens (including phenoxy) is 1. The third kappa shape index (κ3) is 2.82. The predicted octanol–water partition coefficient (Wildman–Crippen LogP) is 1.42. The molecular weight excluding hydrogens is 267 g/mol. The zero-order chi connectivity index (χ0) is 11.6. The minimum absolute atomic E-state index is 0.0991. The van der Waals surface area contributed by atoms with Crippen molar-refractivity contribution in [2.75, 3.05) is 5.73 Å². The first-order valence-electron chi connectivity index (χ1n) is 4.12. The average Bonchev–Trinajstić information content (AvgIpc) is 2.13. The lowest BCUT2D eigenvalue weighted by molar-refractivity contribution is -0.123. The SMILES string of the molecule is CC(Oc1cc(F)c(Br)cc1N)C(N)=O. The van der Waals surface area contributed by atoms with Crippen molar-refractivity contribution in [3.05, 3.63) is 22.4 Å². The third-order valence-electron chi connectivity index (χ3n) is 1.76. The highest BCUT2D eigenvalue weighted by Crippen LogP contribution is 2.28. The number of halogens is 2. The minimum Gasteiger partial charge on any atom is -0.479 e. The van der Waals surface area contributed by atoms with Crippen LogP contribution >= 0.6 is 15.9 Å². The lowest BCUT2D eigenvalue weighted by Gasteiger charge is -2.13. The fourth-order valence-corrected chi connectivity index (χ4v) is 1.26. The maximum absolute atomic E-state index is 13.1. The molecule has 0 aliphatic rings. The van der Waals surface area contributed by atoms with Crippen LogP contribution in [0.15, 0.2) is 16.6 Å². The molecule has 0 fully saturated rings. The fraction of sp³-hybridized carbons (Fsp3) is 0.222. The van der Waals surface area contributed by atoms with Crippen molar-refractivity contribution in [1.82, 2.24) is 0 Å². The lowest BCUT2D eigenvalue weighted by Crippen LogP contribution is -2.30. The minimum atomic E-state index is -0.854. The monoisotopic (exact) mass is 276 g/mol. The molecule has 1 aromatic rings. The number of rotatable bonds is 3. The van der Waals surface area contributed by atoms with Crippen LogP contribution in [-0.4, -0.2) is 12.0 Å². The molecule has 82 valence electrons. The van der Waals surface area contributed by atoms with Gasteiger partial charge in [-0.2, -0.15) is 0 Å². The zero-order valence-electron chi connectivity index (χ0n) is 7.96. The molecule has 1 aromatic carbocycles. The molecular formula is C9H10BrFN2O2. The van der Waals surface area contributed by atoms with Gasteiger partial charge in [0.15, 0.2) is 6.10 Å². The molecule has 0 aliphatic carbocycles. The predicted molar refractivity (Wildman–Crippen MR) is 57.8 cm³/mol. The Hall–Kier alpha value is -1.30. The van der Waals surface area contributed by atoms with Crippen LogP contribution in [-0.2, 0) is 4.79 Å². The molecule has 15 heavy (non-hydrogen) atoms. The molecule has 1 atom stereocenters. The highest BCUT2D eigenvalue weighted by molar-refractivity contribution is 9.10. The summed E-state index contributed by atoms with van der Waals surface area (Å²) in [5.74, 6) is -1.06. The van der Waals surface area contributed by atoms with E-state index in [-0.39, 0.29) is 15.9 Å². The molecule has 1 unspecified atom stereocenters. The maximum Gasteiger partial charge on any atom is 0.258 e. The first kappa shape index (κ1) is 11.8. The van der Waals surface area contributed by atoms with Crippen LogP contribution < -0.4 is 16.2 Å². The molecule has 0 heterocycles. The number of hydrogen-bond donors (Lipinski definition) is 2. The van der Waals surface area contributed by atoms with Crippen molar-refractivity contribution < 1.29 is 13.9 Å². The van der Waals surface area contributed by atoms with E-state index in [4.69, 9.17) is 16.2 Å². The number of carbonyl (C=O) groups is 1. The Balaban J connectivity index is 2.95. The highest BCUT2D eigenvalue weighted by atomic mass is 79.9. The van der Waals surface area contributed by atoms with Gasteiger partial charge < -0.3 is 16.2 Å². The van der Waals surface area contributed by atoms with Crippen LogP contribution in [0.2, 0.25) is 0 Å². The van der Waals surface area contributed by atoms with Crippen LogP contribution in [0.4, 0.5) is 10.1 Å². The second-order valence-electron chi connectivity index (χ2n) is 2.97. The van der Waals surface area contributed by atoms with Crippen molar-refractivity contribution in [2.45, 2.75) is 13.0 Å². The van der Waals surface area contributed by atoms with Gasteiger partial charge in [-0.1, -0.05) is 0 Å². The molecule has 4 N–H and O–H groups in total. The van der Waals surface area contributed by atoms with Gasteiger partial charge in [0.05, 0.1) is 10.2 Å². The second-order valence-corrected chi connectivity index (χ2v) is 3.82. The number of primary amides is 1. The number of benzene rings is 1. The Morgan fingerprint density at radius 2 is 2.20 bits per heavy atom. The first-order chi connectivity index (χ1) is 6.91. The van der Waals surface area contributed by atoms with Gasteiger partial charge in [0, 0.05) is 6.07 Å². The number of anilines is 1. The Bertz CT molecular complexity index is 398. The third-order valence-corrected chi connectivity index (χ3v) is 2.36. The van der Waals surface area contributed by atoms with E-state index in [2.05, 4.69) is 15.9 Å². The van der Waals surface area contributed by atoms with E-state index in [1.165, 1.54) is 13.0 Å². The van der Waals surface area contributed by atoms with Crippen LogP contribution in [0, 0.1) is 5.82 Å². The summed E-state index contributed by atoms with van der Waals surface area (Å²) in [7, 11) is 0. The van der Waals surface area contributed by atoms with Gasteiger partial charge in [0.25, 0.3) is 5.91 Å². The number of hydrogen-bond acceptors (Lipinski definition) is 3. The number of carbonyl (C=O) groups excluding carboxylic acids is 1. The summed E-state index contributed by atoms with van der Waals surface area (Å²) in [6, 6.07) is 2.46. The van der Waals surface area contributed by atoms with Crippen molar-refractivity contribution >= 4 is 27.5 Å². The average molecular weight is 277 g/mol. The lowest BCUT2D eigenvalue weighted by atomic mass is 10.3. The van der Waals surface area contributed by atoms with Crippen LogP contribution in [0.5, 0.6) is 5.75 Å². The molecule has 0 saturated heterocycles. The highest BCUT2D eigenvalue weighted by Gasteiger charge is 2.14. The molecule has 1 amide bonds. The Labute approximate surface area is 94.5 Å². The topological polar surface area (TPSA) is 78.3 Å². The molecule has 0 aliphatic heterocycles. The van der Waals surface area contributed by atoms with E-state index >= 15 is 0 Å². The summed E-state index contributed by atoms with van der Waals surface area (Å²) in [5, 5.41) is 0. The summed E-state index contributed by atoms with van der Waals surface area (Å²) in [4.78, 5) is 10.7. The molecule has 6 heteroatoms. The summed E-state index contributed by atoms with van der Waals surface area (Å²) < 4.78 is 18.4. The molecule has 0 spiro atoms. The van der Waals surface area contributed by atoms with E-state index in [0.717, 1.165) is 6.07 Å². The second kappa shape index (κ2) is 4.48. The number of nitrogens with two attached hydrogens (primary N) is 2. The molecule has 0 aromatic heterocycles. The number of amides is 1. The smallest absolute Gasteiger partial charge is 0.258 e. The van der Waals surface area contributed by atoms with Crippen molar-refractivity contribution in [3.63, 3.8) is 0 Å². The zero-order valence-corrected chi connectivity index (χ0v) is 9.55. The summed E-state index contributed by atoms with van der Waals surface area (Å²) in [6.45, 7) is 1.46. The summed E-state index contributed by atoms with van der Waals surface area (Å²) >= 11 is 2.97. The molecule has 1 rings (SSSR count). The summed E-state index contributed by atoms with van der Waals surface area (Å²) in [5.41, 5.74) is 10.8. The molecule has 0 saturated carbocycles. The van der Waals surface area contributed by atoms with Crippen molar-refractivity contribution in [1.29, 1.82) is 0 Å². The largest absolute Gasteiger partial charge is 0.479 e. The fourth-order valence-electron chi connectivity index (χ4n) is 0.895. The van der Waals surface area contributed by atoms with Gasteiger partial charge in [-0.05, 0) is 28.9 Å². The maximum atomic E-state index is 13.1.